The minimum absolute atomic E-state index is 0.0217. The van der Waals surface area contributed by atoms with Crippen LogP contribution in [-0.4, -0.2) is 31.5 Å². The highest BCUT2D eigenvalue weighted by Gasteiger charge is 2.16. The normalized spacial score (nSPS) is 11.3. The number of fused-ring (bicyclic) bond motifs is 1. The number of aromatic nitrogens is 4. The van der Waals surface area contributed by atoms with Crippen LogP contribution < -0.4 is 5.32 Å². The summed E-state index contributed by atoms with van der Waals surface area (Å²) < 4.78 is 26.6. The summed E-state index contributed by atoms with van der Waals surface area (Å²) in [5, 5.41) is 23.2. The third kappa shape index (κ3) is 3.42. The Morgan fingerprint density at radius 1 is 1.04 bits per heavy atom. The van der Waals surface area contributed by atoms with E-state index in [-0.39, 0.29) is 12.3 Å². The van der Waals surface area contributed by atoms with E-state index in [0.29, 0.717) is 12.4 Å². The Balaban J connectivity index is 1.65. The lowest BCUT2D eigenvalue weighted by atomic mass is 10.1. The van der Waals surface area contributed by atoms with Crippen molar-refractivity contribution in [3.63, 3.8) is 0 Å². The lowest BCUT2D eigenvalue weighted by Gasteiger charge is -2.07. The minimum atomic E-state index is -2.72. The summed E-state index contributed by atoms with van der Waals surface area (Å²) in [5.41, 5.74) is 2.25. The Bertz CT molecular complexity index is 788. The predicted octanol–water partition coefficient (Wildman–Crippen LogP) is 2.21. The van der Waals surface area contributed by atoms with Gasteiger partial charge in [-0.2, -0.15) is 4.52 Å². The Morgan fingerprint density at radius 3 is 2.48 bits per heavy atom. The number of nitrogens with zero attached hydrogens (tertiary/aromatic N) is 4. The van der Waals surface area contributed by atoms with Crippen LogP contribution in [0.3, 0.4) is 0 Å². The molecule has 0 fully saturated rings. The van der Waals surface area contributed by atoms with Crippen molar-refractivity contribution in [3.05, 3.63) is 53.3 Å². The van der Waals surface area contributed by atoms with Gasteiger partial charge in [0.05, 0.1) is 6.61 Å². The maximum absolute atomic E-state index is 12.8. The quantitative estimate of drug-likeness (QED) is 0.728. The van der Waals surface area contributed by atoms with E-state index in [9.17, 15) is 8.78 Å². The van der Waals surface area contributed by atoms with E-state index in [1.54, 1.807) is 12.1 Å². The standard InChI is InChI=1S/C15H15F2N5O/c16-14(17)15-20-19-13-6-5-12(21-22(13)15)18-8-7-10-1-3-11(9-23)4-2-10/h1-6,14,23H,7-9H2,(H,18,21). The first-order valence-electron chi connectivity index (χ1n) is 7.10. The fourth-order valence-electron chi connectivity index (χ4n) is 2.18. The molecule has 2 N–H and O–H groups in total. The molecule has 0 spiro atoms. The van der Waals surface area contributed by atoms with Crippen molar-refractivity contribution >= 4 is 11.5 Å². The first-order valence-corrected chi connectivity index (χ1v) is 7.10. The molecule has 8 heteroatoms. The first kappa shape index (κ1) is 15.3. The molecule has 0 aliphatic rings. The fourth-order valence-corrected chi connectivity index (χ4v) is 2.18. The predicted molar refractivity (Wildman–Crippen MR) is 80.3 cm³/mol. The zero-order chi connectivity index (χ0) is 16.2. The van der Waals surface area contributed by atoms with E-state index < -0.39 is 12.2 Å². The molecule has 0 radical (unpaired) electrons. The van der Waals surface area contributed by atoms with Crippen LogP contribution in [0.1, 0.15) is 23.4 Å². The first-order chi connectivity index (χ1) is 11.2. The molecule has 2 heterocycles. The summed E-state index contributed by atoms with van der Waals surface area (Å²) in [6, 6.07) is 10.9. The van der Waals surface area contributed by atoms with Gasteiger partial charge in [0.25, 0.3) is 6.43 Å². The SMILES string of the molecule is OCc1ccc(CCNc2ccc3nnc(C(F)F)n3n2)cc1. The van der Waals surface area contributed by atoms with E-state index in [1.807, 2.05) is 24.3 Å². The molecule has 1 aromatic carbocycles. The van der Waals surface area contributed by atoms with Crippen molar-refractivity contribution in [3.8, 4) is 0 Å². The highest BCUT2D eigenvalue weighted by molar-refractivity contribution is 5.44. The zero-order valence-corrected chi connectivity index (χ0v) is 12.2. The van der Waals surface area contributed by atoms with Gasteiger partial charge in [-0.1, -0.05) is 24.3 Å². The van der Waals surface area contributed by atoms with E-state index in [1.165, 1.54) is 0 Å². The summed E-state index contributed by atoms with van der Waals surface area (Å²) in [4.78, 5) is 0. The maximum Gasteiger partial charge on any atom is 0.299 e. The van der Waals surface area contributed by atoms with E-state index >= 15 is 0 Å². The van der Waals surface area contributed by atoms with Crippen molar-refractivity contribution in [1.82, 2.24) is 19.8 Å². The molecule has 0 unspecified atom stereocenters. The molecule has 0 saturated heterocycles. The van der Waals surface area contributed by atoms with Crippen LogP contribution in [0, 0.1) is 0 Å². The van der Waals surface area contributed by atoms with Crippen molar-refractivity contribution < 1.29 is 13.9 Å². The molecule has 6 nitrogen and oxygen atoms in total. The number of anilines is 1. The van der Waals surface area contributed by atoms with Gasteiger partial charge in [0, 0.05) is 6.54 Å². The summed E-state index contributed by atoms with van der Waals surface area (Å²) in [6.07, 6.45) is -1.98. The zero-order valence-electron chi connectivity index (χ0n) is 12.2. The minimum Gasteiger partial charge on any atom is -0.392 e. The van der Waals surface area contributed by atoms with Gasteiger partial charge >= 0.3 is 0 Å². The third-order valence-corrected chi connectivity index (χ3v) is 3.41. The van der Waals surface area contributed by atoms with Crippen molar-refractivity contribution in [2.45, 2.75) is 19.5 Å². The average Bonchev–Trinajstić information content (AvgIpc) is 2.99. The van der Waals surface area contributed by atoms with Crippen LogP contribution in [0.5, 0.6) is 0 Å². The number of aliphatic hydroxyl groups excluding tert-OH is 1. The van der Waals surface area contributed by atoms with Crippen LogP contribution >= 0.6 is 0 Å². The number of aliphatic hydroxyl groups is 1. The number of nitrogens with one attached hydrogen (secondary N) is 1. The van der Waals surface area contributed by atoms with Crippen LogP contribution in [-0.2, 0) is 13.0 Å². The summed E-state index contributed by atoms with van der Waals surface area (Å²) in [6.45, 7) is 0.622. The fraction of sp³-hybridized carbons (Fsp3) is 0.267. The molecular weight excluding hydrogens is 304 g/mol. The number of rotatable bonds is 6. The maximum atomic E-state index is 12.8. The lowest BCUT2D eigenvalue weighted by Crippen LogP contribution is -2.09. The highest BCUT2D eigenvalue weighted by Crippen LogP contribution is 2.17. The van der Waals surface area contributed by atoms with Crippen molar-refractivity contribution in [2.75, 3.05) is 11.9 Å². The third-order valence-electron chi connectivity index (χ3n) is 3.41. The van der Waals surface area contributed by atoms with Crippen LogP contribution in [0.25, 0.3) is 5.65 Å². The van der Waals surface area contributed by atoms with Crippen molar-refractivity contribution in [1.29, 1.82) is 0 Å². The average molecular weight is 319 g/mol. The molecule has 0 bridgehead atoms. The molecule has 3 rings (SSSR count). The van der Waals surface area contributed by atoms with E-state index in [4.69, 9.17) is 5.11 Å². The second kappa shape index (κ2) is 6.66. The van der Waals surface area contributed by atoms with Crippen LogP contribution in [0.4, 0.5) is 14.6 Å². The number of hydrogen-bond donors (Lipinski definition) is 2. The second-order valence-corrected chi connectivity index (χ2v) is 5.00. The van der Waals surface area contributed by atoms with E-state index in [2.05, 4.69) is 20.6 Å². The number of halogens is 2. The van der Waals surface area contributed by atoms with Gasteiger partial charge in [-0.25, -0.2) is 8.78 Å². The summed E-state index contributed by atoms with van der Waals surface area (Å²) in [5.74, 6) is 0.00872. The molecule has 0 saturated carbocycles. The number of alkyl halides is 2. The van der Waals surface area contributed by atoms with Gasteiger partial charge in [-0.15, -0.1) is 15.3 Å². The molecule has 0 amide bonds. The van der Waals surface area contributed by atoms with Crippen LogP contribution in [0.15, 0.2) is 36.4 Å². The molecule has 0 aliphatic heterocycles. The van der Waals surface area contributed by atoms with Gasteiger partial charge in [-0.05, 0) is 29.7 Å². The van der Waals surface area contributed by atoms with Gasteiger partial charge < -0.3 is 10.4 Å². The molecule has 3 aromatic rings. The monoisotopic (exact) mass is 319 g/mol. The van der Waals surface area contributed by atoms with Gasteiger partial charge in [-0.3, -0.25) is 0 Å². The Morgan fingerprint density at radius 2 is 1.78 bits per heavy atom. The lowest BCUT2D eigenvalue weighted by molar-refractivity contribution is 0.137. The number of benzene rings is 1. The smallest absolute Gasteiger partial charge is 0.299 e. The van der Waals surface area contributed by atoms with Crippen LogP contribution in [0.2, 0.25) is 0 Å². The Kier molecular flexibility index (Phi) is 4.42. The van der Waals surface area contributed by atoms with Gasteiger partial charge in [0.2, 0.25) is 5.82 Å². The molecule has 0 atom stereocenters. The molecular formula is C15H15F2N5O. The second-order valence-electron chi connectivity index (χ2n) is 5.00. The summed E-state index contributed by atoms with van der Waals surface area (Å²) in [7, 11) is 0. The topological polar surface area (TPSA) is 75.3 Å². The molecule has 0 aliphatic carbocycles. The van der Waals surface area contributed by atoms with Gasteiger partial charge in [0.1, 0.15) is 5.82 Å². The van der Waals surface area contributed by atoms with Gasteiger partial charge in [0.15, 0.2) is 5.65 Å². The van der Waals surface area contributed by atoms with E-state index in [0.717, 1.165) is 22.1 Å². The number of hydrogen-bond acceptors (Lipinski definition) is 5. The summed E-state index contributed by atoms with van der Waals surface area (Å²) >= 11 is 0. The van der Waals surface area contributed by atoms with Crippen molar-refractivity contribution in [2.24, 2.45) is 0 Å². The Hall–Kier alpha value is -2.61. The molecule has 120 valence electrons. The largest absolute Gasteiger partial charge is 0.392 e. The Labute approximate surface area is 130 Å². The molecule has 23 heavy (non-hydrogen) atoms. The molecule has 2 aromatic heterocycles. The highest BCUT2D eigenvalue weighted by atomic mass is 19.3.